The number of fused-ring (bicyclic) bond motifs is 1. The Morgan fingerprint density at radius 3 is 2.15 bits per heavy atom. The van der Waals surface area contributed by atoms with Gasteiger partial charge in [-0.2, -0.15) is 0 Å². The quantitative estimate of drug-likeness (QED) is 0.479. The average molecular weight is 342 g/mol. The van der Waals surface area contributed by atoms with E-state index in [-0.39, 0.29) is 11.5 Å². The van der Waals surface area contributed by atoms with Crippen LogP contribution in [0.15, 0.2) is 78.9 Å². The van der Waals surface area contributed by atoms with Crippen molar-refractivity contribution < 1.29 is 14.9 Å². The minimum Gasteiger partial charge on any atom is -0.508 e. The van der Waals surface area contributed by atoms with Crippen LogP contribution in [0.25, 0.3) is 21.9 Å². The molecule has 3 heteroatoms. The van der Waals surface area contributed by atoms with Crippen LogP contribution in [0.5, 0.6) is 23.0 Å². The molecule has 0 aromatic heterocycles. The molecule has 0 atom stereocenters. The molecule has 0 bridgehead atoms. The first-order valence-corrected chi connectivity index (χ1v) is 8.40. The van der Waals surface area contributed by atoms with Crippen LogP contribution < -0.4 is 4.74 Å². The maximum Gasteiger partial charge on any atom is 0.143 e. The van der Waals surface area contributed by atoms with Crippen LogP contribution >= 0.6 is 0 Å². The Morgan fingerprint density at radius 2 is 1.42 bits per heavy atom. The lowest BCUT2D eigenvalue weighted by Crippen LogP contribution is -1.93. The van der Waals surface area contributed by atoms with E-state index in [0.717, 1.165) is 39.0 Å². The molecule has 0 heterocycles. The third-order valence-corrected chi connectivity index (χ3v) is 4.39. The zero-order chi connectivity index (χ0) is 18.1. The molecule has 0 saturated carbocycles. The number of hydrogen-bond donors (Lipinski definition) is 2. The zero-order valence-electron chi connectivity index (χ0n) is 14.3. The van der Waals surface area contributed by atoms with Crippen molar-refractivity contribution in [2.45, 2.75) is 6.92 Å². The summed E-state index contributed by atoms with van der Waals surface area (Å²) in [6.07, 6.45) is 0. The van der Waals surface area contributed by atoms with Crippen molar-refractivity contribution in [1.82, 2.24) is 0 Å². The van der Waals surface area contributed by atoms with Crippen molar-refractivity contribution in [2.75, 3.05) is 0 Å². The van der Waals surface area contributed by atoms with E-state index in [4.69, 9.17) is 4.74 Å². The zero-order valence-corrected chi connectivity index (χ0v) is 14.3. The summed E-state index contributed by atoms with van der Waals surface area (Å²) >= 11 is 0. The molecule has 4 aromatic carbocycles. The molecular weight excluding hydrogens is 324 g/mol. The summed E-state index contributed by atoms with van der Waals surface area (Å²) < 4.78 is 6.28. The Bertz CT molecular complexity index is 1070. The Labute approximate surface area is 151 Å². The SMILES string of the molecule is Cc1cc2cc(O)ccc2c(Oc2ccccc2)c1-c1ccc(O)cc1. The highest BCUT2D eigenvalue weighted by Crippen LogP contribution is 2.43. The topological polar surface area (TPSA) is 49.7 Å². The number of benzene rings is 4. The number of aryl methyl sites for hydroxylation is 1. The lowest BCUT2D eigenvalue weighted by molar-refractivity contribution is 0.474. The molecule has 0 saturated heterocycles. The van der Waals surface area contributed by atoms with E-state index >= 15 is 0 Å². The van der Waals surface area contributed by atoms with Gasteiger partial charge in [0.05, 0.1) is 0 Å². The summed E-state index contributed by atoms with van der Waals surface area (Å²) in [5.74, 6) is 1.92. The van der Waals surface area contributed by atoms with Crippen LogP contribution in [0.4, 0.5) is 0 Å². The fourth-order valence-corrected chi connectivity index (χ4v) is 3.19. The van der Waals surface area contributed by atoms with Gasteiger partial charge in [0.2, 0.25) is 0 Å². The van der Waals surface area contributed by atoms with E-state index in [1.165, 1.54) is 0 Å². The molecule has 0 aliphatic heterocycles. The molecule has 4 aromatic rings. The summed E-state index contributed by atoms with van der Waals surface area (Å²) in [7, 11) is 0. The second kappa shape index (κ2) is 6.45. The predicted molar refractivity (Wildman–Crippen MR) is 104 cm³/mol. The molecule has 4 rings (SSSR count). The summed E-state index contributed by atoms with van der Waals surface area (Å²) in [4.78, 5) is 0. The Morgan fingerprint density at radius 1 is 0.731 bits per heavy atom. The molecule has 128 valence electrons. The van der Waals surface area contributed by atoms with Gasteiger partial charge in [-0.15, -0.1) is 0 Å². The second-order valence-corrected chi connectivity index (χ2v) is 6.27. The van der Waals surface area contributed by atoms with Gasteiger partial charge in [0.15, 0.2) is 0 Å². The van der Waals surface area contributed by atoms with Crippen molar-refractivity contribution in [3.05, 3.63) is 84.4 Å². The summed E-state index contributed by atoms with van der Waals surface area (Å²) in [5.41, 5.74) is 2.95. The van der Waals surface area contributed by atoms with Gasteiger partial charge in [-0.1, -0.05) is 36.4 Å². The minimum atomic E-state index is 0.222. The summed E-state index contributed by atoms with van der Waals surface area (Å²) in [5, 5.41) is 21.3. The largest absolute Gasteiger partial charge is 0.508 e. The monoisotopic (exact) mass is 342 g/mol. The van der Waals surface area contributed by atoms with E-state index in [0.29, 0.717) is 0 Å². The van der Waals surface area contributed by atoms with Crippen LogP contribution in [-0.4, -0.2) is 10.2 Å². The van der Waals surface area contributed by atoms with E-state index in [1.807, 2.05) is 61.5 Å². The molecule has 3 nitrogen and oxygen atoms in total. The normalized spacial score (nSPS) is 10.8. The standard InChI is InChI=1S/C23H18O3/c1-15-13-17-14-19(25)11-12-21(17)23(26-20-5-3-2-4-6-20)22(15)16-7-9-18(24)10-8-16/h2-14,24-25H,1H3. The first kappa shape index (κ1) is 16.0. The third kappa shape index (κ3) is 2.95. The molecule has 26 heavy (non-hydrogen) atoms. The molecule has 0 fully saturated rings. The minimum absolute atomic E-state index is 0.222. The van der Waals surface area contributed by atoms with E-state index in [1.54, 1.807) is 24.3 Å². The van der Waals surface area contributed by atoms with Crippen LogP contribution in [0.2, 0.25) is 0 Å². The highest BCUT2D eigenvalue weighted by atomic mass is 16.5. The molecule has 0 amide bonds. The molecule has 0 aliphatic rings. The first-order valence-electron chi connectivity index (χ1n) is 8.40. The van der Waals surface area contributed by atoms with Gasteiger partial charge in [0, 0.05) is 10.9 Å². The number of para-hydroxylation sites is 1. The highest BCUT2D eigenvalue weighted by molar-refractivity contribution is 5.97. The van der Waals surface area contributed by atoms with E-state index in [2.05, 4.69) is 0 Å². The predicted octanol–water partition coefficient (Wildman–Crippen LogP) is 6.02. The fraction of sp³-hybridized carbons (Fsp3) is 0.0435. The number of hydrogen-bond acceptors (Lipinski definition) is 3. The first-order chi connectivity index (χ1) is 12.6. The number of aromatic hydroxyl groups is 2. The van der Waals surface area contributed by atoms with Crippen LogP contribution in [0, 0.1) is 6.92 Å². The van der Waals surface area contributed by atoms with E-state index < -0.39 is 0 Å². The lowest BCUT2D eigenvalue weighted by atomic mass is 9.94. The molecule has 0 radical (unpaired) electrons. The van der Waals surface area contributed by atoms with Gasteiger partial charge in [-0.3, -0.25) is 0 Å². The fourth-order valence-electron chi connectivity index (χ4n) is 3.19. The Hall–Kier alpha value is -3.46. The average Bonchev–Trinajstić information content (AvgIpc) is 2.63. The number of phenolic OH excluding ortho intramolecular Hbond substituents is 2. The Kier molecular flexibility index (Phi) is 3.98. The smallest absolute Gasteiger partial charge is 0.143 e. The highest BCUT2D eigenvalue weighted by Gasteiger charge is 2.16. The third-order valence-electron chi connectivity index (χ3n) is 4.39. The molecular formula is C23H18O3. The number of rotatable bonds is 3. The molecule has 2 N–H and O–H groups in total. The lowest BCUT2D eigenvalue weighted by Gasteiger charge is -2.17. The maximum absolute atomic E-state index is 9.85. The van der Waals surface area contributed by atoms with Gasteiger partial charge < -0.3 is 14.9 Å². The van der Waals surface area contributed by atoms with Crippen molar-refractivity contribution in [3.63, 3.8) is 0 Å². The van der Waals surface area contributed by atoms with Crippen molar-refractivity contribution in [1.29, 1.82) is 0 Å². The van der Waals surface area contributed by atoms with Gasteiger partial charge in [-0.05, 0) is 65.9 Å². The van der Waals surface area contributed by atoms with Crippen molar-refractivity contribution in [3.8, 4) is 34.1 Å². The van der Waals surface area contributed by atoms with Crippen LogP contribution in [0.1, 0.15) is 5.56 Å². The second-order valence-electron chi connectivity index (χ2n) is 6.27. The van der Waals surface area contributed by atoms with Crippen molar-refractivity contribution >= 4 is 10.8 Å². The van der Waals surface area contributed by atoms with Crippen molar-refractivity contribution in [2.24, 2.45) is 0 Å². The van der Waals surface area contributed by atoms with Gasteiger partial charge in [0.25, 0.3) is 0 Å². The molecule has 0 unspecified atom stereocenters. The van der Waals surface area contributed by atoms with E-state index in [9.17, 15) is 10.2 Å². The van der Waals surface area contributed by atoms with Crippen LogP contribution in [-0.2, 0) is 0 Å². The maximum atomic E-state index is 9.85. The number of phenols is 2. The Balaban J connectivity index is 1.99. The van der Waals surface area contributed by atoms with Gasteiger partial charge in [0.1, 0.15) is 23.0 Å². The summed E-state index contributed by atoms with van der Waals surface area (Å²) in [6.45, 7) is 2.02. The van der Waals surface area contributed by atoms with Gasteiger partial charge >= 0.3 is 0 Å². The molecule has 0 spiro atoms. The number of ether oxygens (including phenoxy) is 1. The van der Waals surface area contributed by atoms with Gasteiger partial charge in [-0.25, -0.2) is 0 Å². The molecule has 0 aliphatic carbocycles. The summed E-state index contributed by atoms with van der Waals surface area (Å²) in [6, 6.07) is 24.0. The van der Waals surface area contributed by atoms with Crippen LogP contribution in [0.3, 0.4) is 0 Å².